The van der Waals surface area contributed by atoms with Crippen LogP contribution in [0.4, 0.5) is 14.6 Å². The van der Waals surface area contributed by atoms with Crippen molar-refractivity contribution in [1.82, 2.24) is 9.97 Å². The second-order valence-corrected chi connectivity index (χ2v) is 6.78. The molecule has 0 bridgehead atoms. The van der Waals surface area contributed by atoms with Crippen LogP contribution in [0.5, 0.6) is 17.5 Å². The monoisotopic (exact) mass is 443 g/mol. The summed E-state index contributed by atoms with van der Waals surface area (Å²) in [7, 11) is 1.25. The van der Waals surface area contributed by atoms with Gasteiger partial charge in [-0.05, 0) is 26.0 Å². The summed E-state index contributed by atoms with van der Waals surface area (Å²) >= 11 is 0. The summed E-state index contributed by atoms with van der Waals surface area (Å²) in [5.41, 5.74) is 0.321. The largest absolute Gasteiger partial charge is 0.475 e. The van der Waals surface area contributed by atoms with Gasteiger partial charge in [-0.2, -0.15) is 4.98 Å². The number of carbonyl (C=O) groups is 2. The lowest BCUT2D eigenvalue weighted by atomic mass is 10.2. The Labute approximate surface area is 182 Å². The zero-order valence-electron chi connectivity index (χ0n) is 17.4. The van der Waals surface area contributed by atoms with E-state index < -0.39 is 23.5 Å². The van der Waals surface area contributed by atoms with Gasteiger partial charge in [0.25, 0.3) is 5.91 Å². The lowest BCUT2D eigenvalue weighted by Crippen LogP contribution is -2.15. The molecule has 0 unspecified atom stereocenters. The highest BCUT2D eigenvalue weighted by Gasteiger charge is 2.15. The van der Waals surface area contributed by atoms with Gasteiger partial charge in [-0.1, -0.05) is 0 Å². The maximum Gasteiger partial charge on any atom is 0.339 e. The third kappa shape index (κ3) is 5.97. The molecule has 0 spiro atoms. The number of nitrogens with one attached hydrogen (secondary N) is 1. The molecule has 0 radical (unpaired) electrons. The van der Waals surface area contributed by atoms with Crippen molar-refractivity contribution in [3.63, 3.8) is 0 Å². The van der Waals surface area contributed by atoms with Crippen molar-refractivity contribution in [2.75, 3.05) is 12.4 Å². The molecule has 2 aromatic heterocycles. The average Bonchev–Trinajstić information content (AvgIpc) is 2.72. The van der Waals surface area contributed by atoms with Gasteiger partial charge in [0.05, 0.1) is 24.3 Å². The smallest absolute Gasteiger partial charge is 0.339 e. The van der Waals surface area contributed by atoms with Crippen LogP contribution in [0.3, 0.4) is 0 Å². The molecule has 1 amide bonds. The fourth-order valence-electron chi connectivity index (χ4n) is 2.57. The Morgan fingerprint density at radius 3 is 2.25 bits per heavy atom. The average molecular weight is 443 g/mol. The van der Waals surface area contributed by atoms with Crippen molar-refractivity contribution in [3.8, 4) is 17.5 Å². The van der Waals surface area contributed by atoms with E-state index in [4.69, 9.17) is 9.47 Å². The Kier molecular flexibility index (Phi) is 6.93. The topological polar surface area (TPSA) is 99.6 Å². The highest BCUT2D eigenvalue weighted by atomic mass is 19.1. The second-order valence-electron chi connectivity index (χ2n) is 6.78. The van der Waals surface area contributed by atoms with Gasteiger partial charge in [0.1, 0.15) is 23.2 Å². The number of esters is 1. The first kappa shape index (κ1) is 22.6. The summed E-state index contributed by atoms with van der Waals surface area (Å²) in [6.45, 7) is 3.54. The molecule has 1 aromatic carbocycles. The van der Waals surface area contributed by atoms with Crippen LogP contribution in [-0.2, 0) is 4.74 Å². The number of carbonyl (C=O) groups excluding carboxylic acids is 2. The van der Waals surface area contributed by atoms with Crippen LogP contribution < -0.4 is 14.8 Å². The van der Waals surface area contributed by atoms with E-state index in [2.05, 4.69) is 20.0 Å². The van der Waals surface area contributed by atoms with Crippen molar-refractivity contribution >= 4 is 17.7 Å². The number of amides is 1. The Balaban J connectivity index is 1.86. The van der Waals surface area contributed by atoms with Crippen molar-refractivity contribution in [3.05, 3.63) is 71.4 Å². The summed E-state index contributed by atoms with van der Waals surface area (Å²) in [5.74, 6) is -2.77. The minimum absolute atomic E-state index is 0.0773. The lowest BCUT2D eigenvalue weighted by molar-refractivity contribution is 0.0600. The van der Waals surface area contributed by atoms with E-state index in [1.807, 2.05) is 0 Å². The van der Waals surface area contributed by atoms with Crippen molar-refractivity contribution in [2.24, 2.45) is 0 Å². The number of anilines is 1. The number of hydrogen-bond acceptors (Lipinski definition) is 7. The van der Waals surface area contributed by atoms with Gasteiger partial charge in [0, 0.05) is 36.5 Å². The number of rotatable bonds is 7. The van der Waals surface area contributed by atoms with Crippen molar-refractivity contribution < 1.29 is 32.6 Å². The predicted octanol–water partition coefficient (Wildman–Crippen LogP) is 4.37. The molecule has 3 rings (SSSR count). The molecule has 0 fully saturated rings. The predicted molar refractivity (Wildman–Crippen MR) is 110 cm³/mol. The van der Waals surface area contributed by atoms with E-state index in [-0.39, 0.29) is 40.6 Å². The second kappa shape index (κ2) is 9.82. The first-order chi connectivity index (χ1) is 15.2. The van der Waals surface area contributed by atoms with Gasteiger partial charge < -0.3 is 19.5 Å². The summed E-state index contributed by atoms with van der Waals surface area (Å²) in [5, 5.41) is 2.57. The van der Waals surface area contributed by atoms with Gasteiger partial charge in [0.2, 0.25) is 11.8 Å². The van der Waals surface area contributed by atoms with Gasteiger partial charge in [0.15, 0.2) is 0 Å². The van der Waals surface area contributed by atoms with Crippen LogP contribution in [0.25, 0.3) is 0 Å². The van der Waals surface area contributed by atoms with Gasteiger partial charge >= 0.3 is 5.97 Å². The highest BCUT2D eigenvalue weighted by Crippen LogP contribution is 2.26. The number of nitrogens with zero attached hydrogens (tertiary/aromatic N) is 2. The van der Waals surface area contributed by atoms with E-state index in [0.29, 0.717) is 6.07 Å². The molecule has 0 aliphatic rings. The highest BCUT2D eigenvalue weighted by molar-refractivity contribution is 6.04. The fourth-order valence-corrected chi connectivity index (χ4v) is 2.57. The van der Waals surface area contributed by atoms with Crippen LogP contribution in [-0.4, -0.2) is 35.1 Å². The molecule has 3 aromatic rings. The Morgan fingerprint density at radius 2 is 1.66 bits per heavy atom. The van der Waals surface area contributed by atoms with Crippen LogP contribution in [0.2, 0.25) is 0 Å². The summed E-state index contributed by atoms with van der Waals surface area (Å²) in [4.78, 5) is 32.4. The Hall–Kier alpha value is -4.08. The normalized spacial score (nSPS) is 10.6. The van der Waals surface area contributed by atoms with E-state index in [1.54, 1.807) is 13.8 Å². The van der Waals surface area contributed by atoms with E-state index in [0.717, 1.165) is 12.1 Å². The maximum atomic E-state index is 13.5. The molecule has 8 nitrogen and oxygen atoms in total. The lowest BCUT2D eigenvalue weighted by Gasteiger charge is -2.13. The van der Waals surface area contributed by atoms with Gasteiger partial charge in [-0.15, -0.1) is 0 Å². The summed E-state index contributed by atoms with van der Waals surface area (Å²) in [6.07, 6.45) is 1.00. The number of methoxy groups -OCH3 is 1. The first-order valence-corrected chi connectivity index (χ1v) is 9.42. The number of benzene rings is 1. The maximum absolute atomic E-state index is 13.5. The van der Waals surface area contributed by atoms with Crippen LogP contribution in [0.15, 0.2) is 48.7 Å². The third-order valence-corrected chi connectivity index (χ3v) is 3.88. The molecular weight excluding hydrogens is 424 g/mol. The minimum atomic E-state index is -0.825. The minimum Gasteiger partial charge on any atom is -0.475 e. The number of aromatic nitrogens is 2. The van der Waals surface area contributed by atoms with Crippen LogP contribution >= 0.6 is 0 Å². The molecule has 1 N–H and O–H groups in total. The molecule has 10 heteroatoms. The summed E-state index contributed by atoms with van der Waals surface area (Å²) < 4.78 is 42.5. The molecule has 0 saturated carbocycles. The van der Waals surface area contributed by atoms with Gasteiger partial charge in [-0.3, -0.25) is 4.79 Å². The van der Waals surface area contributed by atoms with E-state index >= 15 is 0 Å². The van der Waals surface area contributed by atoms with E-state index in [1.165, 1.54) is 37.6 Å². The number of halogens is 2. The molecule has 0 aliphatic heterocycles. The first-order valence-electron chi connectivity index (χ1n) is 9.42. The standard InChI is InChI=1S/C22H19F2N3O5/c1-12(2)31-19-6-14(7-20(27-19)32-17-9-15(23)8-16(24)10-17)21(28)26-18-5-4-13(11-25-18)22(29)30-3/h4-12H,1-3H3,(H,25,26,28). The zero-order chi connectivity index (χ0) is 23.3. The number of pyridine rings is 2. The van der Waals surface area contributed by atoms with Crippen molar-refractivity contribution in [1.29, 1.82) is 0 Å². The quantitative estimate of drug-likeness (QED) is 0.541. The number of hydrogen-bond donors (Lipinski definition) is 1. The Morgan fingerprint density at radius 1 is 0.969 bits per heavy atom. The van der Waals surface area contributed by atoms with Crippen LogP contribution in [0.1, 0.15) is 34.6 Å². The molecule has 0 aliphatic carbocycles. The molecule has 2 heterocycles. The molecule has 0 saturated heterocycles. The fraction of sp³-hybridized carbons (Fsp3) is 0.182. The zero-order valence-corrected chi connectivity index (χ0v) is 17.4. The molecule has 0 atom stereocenters. The Bertz CT molecular complexity index is 1120. The molecular formula is C22H19F2N3O5. The molecule has 32 heavy (non-hydrogen) atoms. The summed E-state index contributed by atoms with van der Waals surface area (Å²) in [6, 6.07) is 8.22. The van der Waals surface area contributed by atoms with Crippen molar-refractivity contribution in [2.45, 2.75) is 20.0 Å². The van der Waals surface area contributed by atoms with Crippen LogP contribution in [0, 0.1) is 11.6 Å². The third-order valence-electron chi connectivity index (χ3n) is 3.88. The molecule has 166 valence electrons. The van der Waals surface area contributed by atoms with E-state index in [9.17, 15) is 18.4 Å². The number of ether oxygens (including phenoxy) is 3. The SMILES string of the molecule is COC(=O)c1ccc(NC(=O)c2cc(Oc3cc(F)cc(F)c3)nc(OC(C)C)c2)nc1. The van der Waals surface area contributed by atoms with Gasteiger partial charge in [-0.25, -0.2) is 18.6 Å².